The lowest BCUT2D eigenvalue weighted by Crippen LogP contribution is -2.34. The monoisotopic (exact) mass is 503 g/mol. The lowest BCUT2D eigenvalue weighted by molar-refractivity contribution is -0.143. The van der Waals surface area contributed by atoms with Crippen LogP contribution in [0.4, 0.5) is 0 Å². The minimum Gasteiger partial charge on any atom is -0.491 e. The van der Waals surface area contributed by atoms with Crippen LogP contribution in [0.15, 0.2) is 36.4 Å². The second-order valence-electron chi connectivity index (χ2n) is 7.00. The van der Waals surface area contributed by atoms with Crippen LogP contribution in [-0.2, 0) is 25.6 Å². The molecule has 0 spiro atoms. The Morgan fingerprint density at radius 1 is 1.06 bits per heavy atom. The molecule has 2 rings (SSSR count). The summed E-state index contributed by atoms with van der Waals surface area (Å²) < 4.78 is 20.7. The summed E-state index contributed by atoms with van der Waals surface area (Å²) in [5, 5.41) is 14.7. The van der Waals surface area contributed by atoms with Crippen LogP contribution >= 0.6 is 11.6 Å². The first-order valence-corrected chi connectivity index (χ1v) is 11.0. The Labute approximate surface area is 208 Å². The van der Waals surface area contributed by atoms with E-state index >= 15 is 0 Å². The molecule has 0 aromatic heterocycles. The van der Waals surface area contributed by atoms with Gasteiger partial charge in [0.25, 0.3) is 11.8 Å². The molecule has 2 amide bonds. The lowest BCUT2D eigenvalue weighted by Gasteiger charge is -2.13. The van der Waals surface area contributed by atoms with E-state index in [4.69, 9.17) is 30.5 Å². The van der Waals surface area contributed by atoms with Crippen molar-refractivity contribution in [2.75, 3.05) is 40.1 Å². The number of nitrogens with one attached hydrogen (secondary N) is 2. The fourth-order valence-corrected chi connectivity index (χ4v) is 3.00. The van der Waals surface area contributed by atoms with Crippen LogP contribution in [-0.4, -0.2) is 57.9 Å². The molecule has 0 saturated carbocycles. The maximum Gasteiger partial charge on any atom is 0.325 e. The SMILES string of the molecule is CCOC(=O)CNC(=O)COc1cc(C#N)ccc1CNC(=O)c1cc(Cl)cc(OCCOC)c1. The molecule has 0 atom stereocenters. The summed E-state index contributed by atoms with van der Waals surface area (Å²) in [7, 11) is 1.55. The number of carbonyl (C=O) groups is 3. The number of amides is 2. The third kappa shape index (κ3) is 9.52. The largest absolute Gasteiger partial charge is 0.491 e. The molecule has 0 heterocycles. The van der Waals surface area contributed by atoms with Crippen LogP contribution in [0.3, 0.4) is 0 Å². The van der Waals surface area contributed by atoms with Crippen molar-refractivity contribution < 1.29 is 33.3 Å². The number of ether oxygens (including phenoxy) is 4. The number of nitrogens with zero attached hydrogens (tertiary/aromatic N) is 1. The van der Waals surface area contributed by atoms with Gasteiger partial charge in [-0.3, -0.25) is 14.4 Å². The molecule has 2 aromatic rings. The number of nitriles is 1. The summed E-state index contributed by atoms with van der Waals surface area (Å²) in [6, 6.07) is 11.3. The van der Waals surface area contributed by atoms with Crippen molar-refractivity contribution in [2.24, 2.45) is 0 Å². The molecule has 10 nitrogen and oxygen atoms in total. The summed E-state index contributed by atoms with van der Waals surface area (Å²) in [6.45, 7) is 1.93. The molecule has 0 unspecified atom stereocenters. The molecule has 0 aliphatic heterocycles. The Morgan fingerprint density at radius 3 is 2.57 bits per heavy atom. The van der Waals surface area contributed by atoms with Gasteiger partial charge in [-0.25, -0.2) is 0 Å². The predicted molar refractivity (Wildman–Crippen MR) is 126 cm³/mol. The van der Waals surface area contributed by atoms with E-state index in [2.05, 4.69) is 10.6 Å². The molecule has 11 heteroatoms. The summed E-state index contributed by atoms with van der Waals surface area (Å²) in [6.07, 6.45) is 0. The molecule has 0 radical (unpaired) electrons. The summed E-state index contributed by atoms with van der Waals surface area (Å²) >= 11 is 6.11. The average molecular weight is 504 g/mol. The Balaban J connectivity index is 2.02. The lowest BCUT2D eigenvalue weighted by atomic mass is 10.1. The topological polar surface area (TPSA) is 136 Å². The van der Waals surface area contributed by atoms with Crippen molar-refractivity contribution in [3.05, 3.63) is 58.1 Å². The highest BCUT2D eigenvalue weighted by Gasteiger charge is 2.13. The van der Waals surface area contributed by atoms with E-state index in [9.17, 15) is 19.6 Å². The van der Waals surface area contributed by atoms with E-state index in [1.54, 1.807) is 38.3 Å². The summed E-state index contributed by atoms with van der Waals surface area (Å²) in [5.41, 5.74) is 1.14. The second-order valence-corrected chi connectivity index (χ2v) is 7.44. The zero-order chi connectivity index (χ0) is 25.6. The Hall–Kier alpha value is -3.81. The van der Waals surface area contributed by atoms with Crippen molar-refractivity contribution in [1.82, 2.24) is 10.6 Å². The number of halogens is 1. The Bertz CT molecular complexity index is 1090. The van der Waals surface area contributed by atoms with Crippen molar-refractivity contribution in [2.45, 2.75) is 13.5 Å². The van der Waals surface area contributed by atoms with E-state index in [-0.39, 0.29) is 25.4 Å². The molecule has 0 aliphatic carbocycles. The van der Waals surface area contributed by atoms with Crippen LogP contribution in [0.1, 0.15) is 28.4 Å². The number of hydrogen-bond acceptors (Lipinski definition) is 8. The smallest absolute Gasteiger partial charge is 0.325 e. The minimum atomic E-state index is -0.566. The van der Waals surface area contributed by atoms with Gasteiger partial charge in [0.2, 0.25) is 0 Å². The minimum absolute atomic E-state index is 0.0523. The third-order valence-electron chi connectivity index (χ3n) is 4.42. The second kappa shape index (κ2) is 14.5. The van der Waals surface area contributed by atoms with Gasteiger partial charge < -0.3 is 29.6 Å². The molecule has 2 aromatic carbocycles. The van der Waals surface area contributed by atoms with Gasteiger partial charge in [0.1, 0.15) is 24.7 Å². The van der Waals surface area contributed by atoms with Gasteiger partial charge in [-0.1, -0.05) is 17.7 Å². The maximum absolute atomic E-state index is 12.7. The van der Waals surface area contributed by atoms with E-state index in [0.717, 1.165) is 0 Å². The van der Waals surface area contributed by atoms with Crippen molar-refractivity contribution in [1.29, 1.82) is 5.26 Å². The average Bonchev–Trinajstić information content (AvgIpc) is 2.85. The van der Waals surface area contributed by atoms with Crippen molar-refractivity contribution >= 4 is 29.4 Å². The Morgan fingerprint density at radius 2 is 1.86 bits per heavy atom. The number of benzene rings is 2. The van der Waals surface area contributed by atoms with Gasteiger partial charge in [0.15, 0.2) is 6.61 Å². The molecule has 0 saturated heterocycles. The maximum atomic E-state index is 12.7. The standard InChI is InChI=1S/C24H26ClN3O7/c1-3-33-23(30)14-27-22(29)15-35-21-8-16(12-26)4-5-17(21)13-28-24(31)18-9-19(25)11-20(10-18)34-7-6-32-2/h4-5,8-11H,3,6-7,13-15H2,1-2H3,(H,27,29)(H,28,31). The van der Waals surface area contributed by atoms with Gasteiger partial charge in [-0.2, -0.15) is 5.26 Å². The number of hydrogen-bond donors (Lipinski definition) is 2. The van der Waals surface area contributed by atoms with Gasteiger partial charge in [0, 0.05) is 29.8 Å². The summed E-state index contributed by atoms with van der Waals surface area (Å²) in [5.74, 6) is -0.854. The fourth-order valence-electron chi connectivity index (χ4n) is 2.78. The van der Waals surface area contributed by atoms with Crippen LogP contribution < -0.4 is 20.1 Å². The molecule has 0 aliphatic rings. The number of methoxy groups -OCH3 is 1. The van der Waals surface area contributed by atoms with Crippen LogP contribution in [0.25, 0.3) is 0 Å². The van der Waals surface area contributed by atoms with Gasteiger partial charge in [-0.05, 0) is 37.3 Å². The number of carbonyl (C=O) groups excluding carboxylic acids is 3. The molecular weight excluding hydrogens is 478 g/mol. The number of rotatable bonds is 13. The van der Waals surface area contributed by atoms with E-state index < -0.39 is 24.4 Å². The predicted octanol–water partition coefficient (Wildman–Crippen LogP) is 2.22. The first kappa shape index (κ1) is 27.4. The highest BCUT2D eigenvalue weighted by molar-refractivity contribution is 6.31. The molecule has 35 heavy (non-hydrogen) atoms. The first-order valence-electron chi connectivity index (χ1n) is 10.6. The van der Waals surface area contributed by atoms with Gasteiger partial charge in [0.05, 0.1) is 24.8 Å². The first-order chi connectivity index (χ1) is 16.9. The highest BCUT2D eigenvalue weighted by Crippen LogP contribution is 2.23. The third-order valence-corrected chi connectivity index (χ3v) is 4.64. The molecule has 186 valence electrons. The summed E-state index contributed by atoms with van der Waals surface area (Å²) in [4.78, 5) is 36.1. The highest BCUT2D eigenvalue weighted by atomic mass is 35.5. The quantitative estimate of drug-likeness (QED) is 0.313. The van der Waals surface area contributed by atoms with E-state index in [0.29, 0.717) is 40.7 Å². The van der Waals surface area contributed by atoms with Crippen LogP contribution in [0, 0.1) is 11.3 Å². The molecule has 0 fully saturated rings. The van der Waals surface area contributed by atoms with Crippen LogP contribution in [0.5, 0.6) is 11.5 Å². The number of esters is 1. The normalized spacial score (nSPS) is 10.1. The zero-order valence-electron chi connectivity index (χ0n) is 19.4. The molecule has 0 bridgehead atoms. The van der Waals surface area contributed by atoms with E-state index in [1.807, 2.05) is 6.07 Å². The van der Waals surface area contributed by atoms with Gasteiger partial charge in [-0.15, -0.1) is 0 Å². The molecule has 2 N–H and O–H groups in total. The van der Waals surface area contributed by atoms with Gasteiger partial charge >= 0.3 is 5.97 Å². The van der Waals surface area contributed by atoms with Crippen LogP contribution in [0.2, 0.25) is 5.02 Å². The molecular formula is C24H26ClN3O7. The Kier molecular flexibility index (Phi) is 11.3. The van der Waals surface area contributed by atoms with Crippen molar-refractivity contribution in [3.8, 4) is 17.6 Å². The van der Waals surface area contributed by atoms with E-state index in [1.165, 1.54) is 12.1 Å². The fraction of sp³-hybridized carbons (Fsp3) is 0.333. The van der Waals surface area contributed by atoms with Crippen molar-refractivity contribution in [3.63, 3.8) is 0 Å². The zero-order valence-corrected chi connectivity index (χ0v) is 20.1.